The molecule has 0 saturated heterocycles. The first-order valence-corrected chi connectivity index (χ1v) is 23.7. The fraction of sp³-hybridized carbons (Fsp3) is 0. The predicted octanol–water partition coefficient (Wildman–Crippen LogP) is 18.6. The third-order valence-corrected chi connectivity index (χ3v) is 14.1. The maximum Gasteiger partial charge on any atom is 0.143 e. The van der Waals surface area contributed by atoms with E-state index in [0.717, 1.165) is 77.9 Å². The number of hydrogen-bond donors (Lipinski definition) is 0. The second-order valence-electron chi connectivity index (χ2n) is 18.0. The first-order valence-electron chi connectivity index (χ1n) is 23.7. The van der Waals surface area contributed by atoms with Crippen molar-refractivity contribution in [2.75, 3.05) is 4.90 Å². The Morgan fingerprint density at radius 3 is 1.70 bits per heavy atom. The number of nitrogens with zero attached hydrogens (tertiary/aromatic N) is 2. The van der Waals surface area contributed by atoms with Gasteiger partial charge in [-0.25, -0.2) is 0 Å². The Balaban J connectivity index is 0.919. The van der Waals surface area contributed by atoms with E-state index < -0.39 is 0 Å². The van der Waals surface area contributed by atoms with Crippen LogP contribution in [0.4, 0.5) is 17.1 Å². The first kappa shape index (κ1) is 39.0. The summed E-state index contributed by atoms with van der Waals surface area (Å²) in [6, 6.07) is 92.6. The Morgan fingerprint density at radius 1 is 0.304 bits per heavy atom. The van der Waals surface area contributed by atoms with Crippen LogP contribution in [0.25, 0.3) is 115 Å². The highest BCUT2D eigenvalue weighted by molar-refractivity contribution is 6.17. The maximum absolute atomic E-state index is 6.68. The SMILES string of the molecule is c1cc(-c2ccc3c(c2)oc2c4ccccc4ccc32)cc(N(c2ccc(-c3cccc(-n4c5ccccc5c5ccccc54)c3)cc2)c2ccccc2-c2cc3ccccc3c3ccccc23)c1. The third-order valence-electron chi connectivity index (χ3n) is 14.1. The van der Waals surface area contributed by atoms with Crippen LogP contribution in [0.1, 0.15) is 0 Å². The highest BCUT2D eigenvalue weighted by Crippen LogP contribution is 2.46. The van der Waals surface area contributed by atoms with Crippen molar-refractivity contribution in [3.05, 3.63) is 255 Å². The Bertz CT molecular complexity index is 4270. The molecule has 14 rings (SSSR count). The lowest BCUT2D eigenvalue weighted by Crippen LogP contribution is -2.11. The molecule has 0 amide bonds. The molecule has 322 valence electrons. The zero-order chi connectivity index (χ0) is 45.4. The summed E-state index contributed by atoms with van der Waals surface area (Å²) in [5, 5.41) is 12.0. The van der Waals surface area contributed by atoms with Crippen molar-refractivity contribution in [2.45, 2.75) is 0 Å². The van der Waals surface area contributed by atoms with Gasteiger partial charge in [0.05, 0.1) is 16.7 Å². The number of aromatic nitrogens is 1. The highest BCUT2D eigenvalue weighted by Gasteiger charge is 2.21. The number of benzene rings is 12. The highest BCUT2D eigenvalue weighted by atomic mass is 16.3. The molecular formula is C66H42N2O. The lowest BCUT2D eigenvalue weighted by Gasteiger charge is -2.29. The summed E-state index contributed by atoms with van der Waals surface area (Å²) in [5.74, 6) is 0. The largest absolute Gasteiger partial charge is 0.455 e. The van der Waals surface area contributed by atoms with Gasteiger partial charge in [-0.1, -0.05) is 176 Å². The second-order valence-corrected chi connectivity index (χ2v) is 18.0. The first-order chi connectivity index (χ1) is 34.2. The minimum absolute atomic E-state index is 0.882. The summed E-state index contributed by atoms with van der Waals surface area (Å²) >= 11 is 0. The van der Waals surface area contributed by atoms with Crippen molar-refractivity contribution in [2.24, 2.45) is 0 Å². The van der Waals surface area contributed by atoms with Crippen LogP contribution in [0.2, 0.25) is 0 Å². The van der Waals surface area contributed by atoms with E-state index in [2.05, 4.69) is 264 Å². The van der Waals surface area contributed by atoms with E-state index in [1.165, 1.54) is 54.3 Å². The molecule has 3 heteroatoms. The van der Waals surface area contributed by atoms with E-state index in [-0.39, 0.29) is 0 Å². The zero-order valence-electron chi connectivity index (χ0n) is 37.6. The van der Waals surface area contributed by atoms with Crippen LogP contribution in [-0.4, -0.2) is 4.57 Å². The predicted molar refractivity (Wildman–Crippen MR) is 292 cm³/mol. The fourth-order valence-electron chi connectivity index (χ4n) is 10.9. The standard InChI is InChI=1S/C66H42N2O/c1-4-22-53-44(15-1)33-38-60-59-37-34-47(42-65(59)69-66(53)60)46-18-14-19-50(40-46)67(62-28-10-9-27-58(62)61-41-48-16-2-3-21-52(48)54-23-5-6-24-55(54)61)49-35-31-43(32-36-49)45-17-13-20-51(39-45)68-63-29-11-7-25-56(63)57-26-8-12-30-64(57)68/h1-42H. The topological polar surface area (TPSA) is 21.3 Å². The van der Waals surface area contributed by atoms with E-state index >= 15 is 0 Å². The number of furan rings is 1. The normalized spacial score (nSPS) is 11.8. The Labute approximate surface area is 399 Å². The maximum atomic E-state index is 6.68. The lowest BCUT2D eigenvalue weighted by molar-refractivity contribution is 0.673. The molecule has 0 aliphatic rings. The molecule has 0 atom stereocenters. The van der Waals surface area contributed by atoms with Crippen LogP contribution in [0.15, 0.2) is 259 Å². The second kappa shape index (κ2) is 15.7. The van der Waals surface area contributed by atoms with Gasteiger partial charge in [0, 0.05) is 49.6 Å². The minimum atomic E-state index is 0.882. The van der Waals surface area contributed by atoms with E-state index in [0.29, 0.717) is 0 Å². The van der Waals surface area contributed by atoms with Gasteiger partial charge in [0.15, 0.2) is 0 Å². The summed E-state index contributed by atoms with van der Waals surface area (Å²) < 4.78 is 9.06. The molecule has 0 N–H and O–H groups in total. The monoisotopic (exact) mass is 878 g/mol. The van der Waals surface area contributed by atoms with Crippen molar-refractivity contribution in [1.82, 2.24) is 4.57 Å². The number of para-hydroxylation sites is 3. The fourth-order valence-corrected chi connectivity index (χ4v) is 10.9. The summed E-state index contributed by atoms with van der Waals surface area (Å²) in [7, 11) is 0. The molecule has 0 radical (unpaired) electrons. The van der Waals surface area contributed by atoms with Gasteiger partial charge in [-0.15, -0.1) is 0 Å². The lowest BCUT2D eigenvalue weighted by atomic mass is 9.92. The molecule has 0 aliphatic heterocycles. The van der Waals surface area contributed by atoms with Crippen molar-refractivity contribution in [3.63, 3.8) is 0 Å². The van der Waals surface area contributed by atoms with E-state index in [4.69, 9.17) is 4.42 Å². The molecule has 3 nitrogen and oxygen atoms in total. The average molecular weight is 879 g/mol. The molecule has 0 spiro atoms. The van der Waals surface area contributed by atoms with Gasteiger partial charge in [-0.3, -0.25) is 0 Å². The summed E-state index contributed by atoms with van der Waals surface area (Å²) in [5.41, 5.74) is 15.4. The van der Waals surface area contributed by atoms with Gasteiger partial charge in [0.1, 0.15) is 11.2 Å². The molecule has 2 aromatic heterocycles. The quantitative estimate of drug-likeness (QED) is 0.149. The minimum Gasteiger partial charge on any atom is -0.455 e. The summed E-state index contributed by atoms with van der Waals surface area (Å²) in [6.45, 7) is 0. The number of hydrogen-bond acceptors (Lipinski definition) is 2. The van der Waals surface area contributed by atoms with Gasteiger partial charge in [-0.2, -0.15) is 0 Å². The van der Waals surface area contributed by atoms with Crippen LogP contribution in [0, 0.1) is 0 Å². The van der Waals surface area contributed by atoms with Crippen molar-refractivity contribution in [3.8, 4) is 39.1 Å². The number of anilines is 3. The number of rotatable bonds is 7. The van der Waals surface area contributed by atoms with Crippen LogP contribution in [-0.2, 0) is 0 Å². The molecule has 0 bridgehead atoms. The molecule has 0 saturated carbocycles. The molecule has 12 aromatic carbocycles. The van der Waals surface area contributed by atoms with Crippen LogP contribution in [0.3, 0.4) is 0 Å². The van der Waals surface area contributed by atoms with Gasteiger partial charge in [0.25, 0.3) is 0 Å². The van der Waals surface area contributed by atoms with Crippen LogP contribution in [0.5, 0.6) is 0 Å². The van der Waals surface area contributed by atoms with Crippen LogP contribution < -0.4 is 4.90 Å². The van der Waals surface area contributed by atoms with Crippen molar-refractivity contribution in [1.29, 1.82) is 0 Å². The van der Waals surface area contributed by atoms with Gasteiger partial charge < -0.3 is 13.9 Å². The molecule has 69 heavy (non-hydrogen) atoms. The van der Waals surface area contributed by atoms with Gasteiger partial charge >= 0.3 is 0 Å². The Kier molecular flexibility index (Phi) is 8.90. The van der Waals surface area contributed by atoms with E-state index in [1.54, 1.807) is 0 Å². The molecule has 2 heterocycles. The van der Waals surface area contributed by atoms with Gasteiger partial charge in [0.2, 0.25) is 0 Å². The van der Waals surface area contributed by atoms with Crippen molar-refractivity contribution >= 4 is 93.1 Å². The molecule has 0 unspecified atom stereocenters. The smallest absolute Gasteiger partial charge is 0.143 e. The summed E-state index contributed by atoms with van der Waals surface area (Å²) in [4.78, 5) is 2.42. The third kappa shape index (κ3) is 6.36. The summed E-state index contributed by atoms with van der Waals surface area (Å²) in [6.07, 6.45) is 0. The van der Waals surface area contributed by atoms with Crippen LogP contribution >= 0.6 is 0 Å². The van der Waals surface area contributed by atoms with E-state index in [1.807, 2.05) is 0 Å². The molecular weight excluding hydrogens is 837 g/mol. The van der Waals surface area contributed by atoms with Gasteiger partial charge in [-0.05, 0) is 134 Å². The number of fused-ring (bicyclic) bond motifs is 11. The Morgan fingerprint density at radius 2 is 0.899 bits per heavy atom. The molecule has 0 aliphatic carbocycles. The van der Waals surface area contributed by atoms with E-state index in [9.17, 15) is 0 Å². The molecule has 0 fully saturated rings. The Hall–Kier alpha value is -9.18. The molecule has 14 aromatic rings. The van der Waals surface area contributed by atoms with Crippen molar-refractivity contribution < 1.29 is 4.42 Å². The zero-order valence-corrected chi connectivity index (χ0v) is 37.6. The average Bonchev–Trinajstić information content (AvgIpc) is 3.97.